The Kier molecular flexibility index (Phi) is 10.5. The van der Waals surface area contributed by atoms with Crippen LogP contribution < -0.4 is 10.6 Å². The predicted molar refractivity (Wildman–Crippen MR) is 79.2 cm³/mol. The van der Waals surface area contributed by atoms with Gasteiger partial charge in [0.2, 0.25) is 5.91 Å². The molecule has 1 rings (SSSR count). The first kappa shape index (κ1) is 17.7. The second-order valence-corrected chi connectivity index (χ2v) is 5.31. The minimum atomic E-state index is 0. The van der Waals surface area contributed by atoms with E-state index in [9.17, 15) is 4.79 Å². The van der Waals surface area contributed by atoms with Crippen LogP contribution in [0.15, 0.2) is 0 Å². The van der Waals surface area contributed by atoms with E-state index in [0.29, 0.717) is 6.42 Å². The monoisotopic (exact) mass is 276 g/mol. The summed E-state index contributed by atoms with van der Waals surface area (Å²) < 4.78 is 0. The molecule has 2 N–H and O–H groups in total. The minimum absolute atomic E-state index is 0. The lowest BCUT2D eigenvalue weighted by Crippen LogP contribution is -2.31. The van der Waals surface area contributed by atoms with Crippen molar-refractivity contribution in [3.63, 3.8) is 0 Å². The number of carbonyl (C=O) groups excluding carboxylic acids is 1. The van der Waals surface area contributed by atoms with E-state index in [2.05, 4.69) is 17.6 Å². The van der Waals surface area contributed by atoms with Crippen molar-refractivity contribution < 1.29 is 4.79 Å². The first-order valence-electron chi connectivity index (χ1n) is 7.17. The van der Waals surface area contributed by atoms with Crippen molar-refractivity contribution in [3.05, 3.63) is 0 Å². The highest BCUT2D eigenvalue weighted by Crippen LogP contribution is 2.29. The second-order valence-electron chi connectivity index (χ2n) is 5.31. The number of amides is 1. The van der Waals surface area contributed by atoms with E-state index in [1.807, 2.05) is 7.05 Å². The van der Waals surface area contributed by atoms with Crippen LogP contribution in [0, 0.1) is 11.8 Å². The summed E-state index contributed by atoms with van der Waals surface area (Å²) in [4.78, 5) is 11.5. The van der Waals surface area contributed by atoms with E-state index >= 15 is 0 Å². The molecule has 1 saturated carbocycles. The van der Waals surface area contributed by atoms with E-state index in [1.165, 1.54) is 32.1 Å². The summed E-state index contributed by atoms with van der Waals surface area (Å²) in [6.07, 6.45) is 8.23. The number of halogens is 1. The lowest BCUT2D eigenvalue weighted by molar-refractivity contribution is -0.121. The van der Waals surface area contributed by atoms with Crippen LogP contribution in [0.3, 0.4) is 0 Å². The Labute approximate surface area is 118 Å². The summed E-state index contributed by atoms with van der Waals surface area (Å²) in [5, 5.41) is 6.14. The summed E-state index contributed by atoms with van der Waals surface area (Å²) in [5.41, 5.74) is 0. The van der Waals surface area contributed by atoms with Gasteiger partial charge < -0.3 is 10.6 Å². The van der Waals surface area contributed by atoms with Crippen LogP contribution in [-0.2, 0) is 4.79 Å². The highest BCUT2D eigenvalue weighted by molar-refractivity contribution is 5.85. The van der Waals surface area contributed by atoms with Gasteiger partial charge in [-0.15, -0.1) is 12.4 Å². The molecule has 0 aliphatic heterocycles. The minimum Gasteiger partial charge on any atom is -0.356 e. The molecule has 0 spiro atoms. The predicted octanol–water partition coefficient (Wildman–Crippen LogP) is 2.74. The summed E-state index contributed by atoms with van der Waals surface area (Å²) in [7, 11) is 1.92. The third-order valence-corrected chi connectivity index (χ3v) is 3.96. The molecule has 0 aromatic rings. The van der Waals surface area contributed by atoms with Crippen LogP contribution >= 0.6 is 12.4 Å². The Morgan fingerprint density at radius 3 is 2.33 bits per heavy atom. The van der Waals surface area contributed by atoms with Gasteiger partial charge in [-0.05, 0) is 44.7 Å². The third-order valence-electron chi connectivity index (χ3n) is 3.96. The molecule has 18 heavy (non-hydrogen) atoms. The summed E-state index contributed by atoms with van der Waals surface area (Å²) >= 11 is 0. The molecule has 0 radical (unpaired) electrons. The Morgan fingerprint density at radius 1 is 1.17 bits per heavy atom. The lowest BCUT2D eigenvalue weighted by Gasteiger charge is -2.27. The third kappa shape index (κ3) is 7.22. The van der Waals surface area contributed by atoms with Crippen molar-refractivity contribution in [2.24, 2.45) is 11.8 Å². The van der Waals surface area contributed by atoms with E-state index < -0.39 is 0 Å². The smallest absolute Gasteiger partial charge is 0.220 e. The molecular formula is C14H29ClN2O. The van der Waals surface area contributed by atoms with Crippen LogP contribution in [0.1, 0.15) is 51.9 Å². The van der Waals surface area contributed by atoms with E-state index in [4.69, 9.17) is 0 Å². The van der Waals surface area contributed by atoms with Crippen LogP contribution in [0.2, 0.25) is 0 Å². The Hall–Kier alpha value is -0.280. The number of nitrogens with one attached hydrogen (secondary N) is 2. The van der Waals surface area contributed by atoms with Crippen molar-refractivity contribution in [2.75, 3.05) is 20.1 Å². The molecule has 1 aliphatic rings. The molecule has 1 aliphatic carbocycles. The zero-order valence-corrected chi connectivity index (χ0v) is 12.7. The molecule has 0 aromatic heterocycles. The highest BCUT2D eigenvalue weighted by atomic mass is 35.5. The van der Waals surface area contributed by atoms with E-state index in [0.717, 1.165) is 31.3 Å². The summed E-state index contributed by atoms with van der Waals surface area (Å²) in [5.74, 6) is 1.89. The first-order chi connectivity index (χ1) is 8.26. The molecule has 108 valence electrons. The largest absolute Gasteiger partial charge is 0.356 e. The average Bonchev–Trinajstić information content (AvgIpc) is 2.37. The zero-order valence-electron chi connectivity index (χ0n) is 11.8. The second kappa shape index (κ2) is 10.6. The molecule has 0 heterocycles. The highest BCUT2D eigenvalue weighted by Gasteiger charge is 2.19. The van der Waals surface area contributed by atoms with Crippen molar-refractivity contribution in [3.8, 4) is 0 Å². The van der Waals surface area contributed by atoms with Gasteiger partial charge in [0.1, 0.15) is 0 Å². The fraction of sp³-hybridized carbons (Fsp3) is 0.929. The topological polar surface area (TPSA) is 41.1 Å². The van der Waals surface area contributed by atoms with Gasteiger partial charge in [-0.2, -0.15) is 0 Å². The van der Waals surface area contributed by atoms with Gasteiger partial charge in [-0.25, -0.2) is 0 Å². The van der Waals surface area contributed by atoms with Gasteiger partial charge in [0, 0.05) is 13.0 Å². The van der Waals surface area contributed by atoms with Crippen molar-refractivity contribution in [1.82, 2.24) is 10.6 Å². The number of carbonyl (C=O) groups is 1. The lowest BCUT2D eigenvalue weighted by atomic mass is 9.81. The van der Waals surface area contributed by atoms with Gasteiger partial charge in [-0.3, -0.25) is 4.79 Å². The molecule has 4 heteroatoms. The molecule has 0 unspecified atom stereocenters. The molecule has 1 amide bonds. The van der Waals surface area contributed by atoms with Gasteiger partial charge in [-0.1, -0.05) is 26.2 Å². The molecule has 0 bridgehead atoms. The number of hydrogen-bond donors (Lipinski definition) is 2. The van der Waals surface area contributed by atoms with Crippen LogP contribution in [0.25, 0.3) is 0 Å². The molecular weight excluding hydrogens is 248 g/mol. The fourth-order valence-electron chi connectivity index (χ4n) is 2.62. The Morgan fingerprint density at radius 2 is 1.78 bits per heavy atom. The Balaban J connectivity index is 0.00000289. The van der Waals surface area contributed by atoms with Crippen LogP contribution in [0.4, 0.5) is 0 Å². The molecule has 3 nitrogen and oxygen atoms in total. The maximum absolute atomic E-state index is 11.5. The Bertz CT molecular complexity index is 216. The maximum Gasteiger partial charge on any atom is 0.220 e. The van der Waals surface area contributed by atoms with E-state index in [1.54, 1.807) is 0 Å². The number of hydrogen-bond acceptors (Lipinski definition) is 2. The molecule has 0 atom stereocenters. The van der Waals surface area contributed by atoms with Crippen LogP contribution in [-0.4, -0.2) is 26.0 Å². The quantitative estimate of drug-likeness (QED) is 0.702. The van der Waals surface area contributed by atoms with E-state index in [-0.39, 0.29) is 18.3 Å². The maximum atomic E-state index is 11.5. The van der Waals surface area contributed by atoms with Gasteiger partial charge in [0.05, 0.1) is 0 Å². The summed E-state index contributed by atoms with van der Waals surface area (Å²) in [6, 6.07) is 0. The normalized spacial score (nSPS) is 23.2. The summed E-state index contributed by atoms with van der Waals surface area (Å²) in [6.45, 7) is 4.11. The number of rotatable bonds is 7. The van der Waals surface area contributed by atoms with Gasteiger partial charge >= 0.3 is 0 Å². The first-order valence-corrected chi connectivity index (χ1v) is 7.17. The van der Waals surface area contributed by atoms with Crippen molar-refractivity contribution >= 4 is 18.3 Å². The average molecular weight is 277 g/mol. The van der Waals surface area contributed by atoms with Crippen molar-refractivity contribution in [2.45, 2.75) is 51.9 Å². The molecule has 0 aromatic carbocycles. The molecule has 0 saturated heterocycles. The zero-order chi connectivity index (χ0) is 12.5. The van der Waals surface area contributed by atoms with Gasteiger partial charge in [0.25, 0.3) is 0 Å². The van der Waals surface area contributed by atoms with Crippen LogP contribution in [0.5, 0.6) is 0 Å². The van der Waals surface area contributed by atoms with Gasteiger partial charge in [0.15, 0.2) is 0 Å². The standard InChI is InChI=1S/C14H28N2O.ClH/c1-3-12-6-8-13(9-7-12)11-16-14(17)5-4-10-15-2;/h12-13,15H,3-11H2,1-2H3,(H,16,17);1H. The van der Waals surface area contributed by atoms with Crippen molar-refractivity contribution in [1.29, 1.82) is 0 Å². The molecule has 1 fully saturated rings. The fourth-order valence-corrected chi connectivity index (χ4v) is 2.62. The SMILES string of the molecule is CCC1CCC(CNC(=O)CCCNC)CC1.Cl.